The van der Waals surface area contributed by atoms with E-state index in [1.807, 2.05) is 19.1 Å². The first-order chi connectivity index (χ1) is 14.8. The van der Waals surface area contributed by atoms with Crippen molar-refractivity contribution in [3.8, 4) is 5.75 Å². The van der Waals surface area contributed by atoms with Crippen LogP contribution in [0, 0.1) is 0 Å². The fourth-order valence-electron chi connectivity index (χ4n) is 3.11. The number of carbonyl (C=O) groups is 2. The molecule has 0 bridgehead atoms. The summed E-state index contributed by atoms with van der Waals surface area (Å²) >= 11 is 0. The van der Waals surface area contributed by atoms with E-state index in [9.17, 15) is 9.59 Å². The van der Waals surface area contributed by atoms with Crippen molar-refractivity contribution in [1.29, 1.82) is 0 Å². The maximum Gasteiger partial charge on any atom is 0.257 e. The van der Waals surface area contributed by atoms with Crippen LogP contribution in [-0.2, 0) is 5.41 Å². The van der Waals surface area contributed by atoms with E-state index < -0.39 is 0 Å². The highest BCUT2D eigenvalue weighted by molar-refractivity contribution is 6.12. The van der Waals surface area contributed by atoms with Gasteiger partial charge in [-0.25, -0.2) is 0 Å². The van der Waals surface area contributed by atoms with E-state index in [1.165, 1.54) is 0 Å². The molecule has 0 radical (unpaired) electrons. The van der Waals surface area contributed by atoms with Crippen LogP contribution in [0.15, 0.2) is 72.8 Å². The van der Waals surface area contributed by atoms with Crippen LogP contribution in [0.4, 0.5) is 11.4 Å². The Bertz CT molecular complexity index is 1050. The molecule has 31 heavy (non-hydrogen) atoms. The van der Waals surface area contributed by atoms with Crippen molar-refractivity contribution in [2.45, 2.75) is 33.1 Å². The van der Waals surface area contributed by atoms with Gasteiger partial charge in [-0.15, -0.1) is 0 Å². The number of anilines is 2. The van der Waals surface area contributed by atoms with Gasteiger partial charge in [0.2, 0.25) is 0 Å². The van der Waals surface area contributed by atoms with Crippen LogP contribution in [0.25, 0.3) is 0 Å². The molecule has 0 aliphatic carbocycles. The highest BCUT2D eigenvalue weighted by atomic mass is 16.5. The van der Waals surface area contributed by atoms with Gasteiger partial charge in [0.05, 0.1) is 17.9 Å². The van der Waals surface area contributed by atoms with E-state index in [1.54, 1.807) is 60.7 Å². The van der Waals surface area contributed by atoms with Gasteiger partial charge in [-0.05, 0) is 66.4 Å². The maximum atomic E-state index is 12.8. The fourth-order valence-corrected chi connectivity index (χ4v) is 3.11. The molecule has 2 N–H and O–H groups in total. The second kappa shape index (κ2) is 9.47. The zero-order valence-corrected chi connectivity index (χ0v) is 18.4. The standard InChI is InChI=1S/C26H28N2O3/c1-5-31-21-16-14-20(15-17-21)27-25(30)22-8-6-7-9-23(22)28-24(29)18-10-12-19(13-11-18)26(2,3)4/h6-17H,5H2,1-4H3,(H,27,30)(H,28,29). The monoisotopic (exact) mass is 416 g/mol. The van der Waals surface area contributed by atoms with Gasteiger partial charge in [-0.2, -0.15) is 0 Å². The summed E-state index contributed by atoms with van der Waals surface area (Å²) in [5, 5.41) is 5.72. The SMILES string of the molecule is CCOc1ccc(NC(=O)c2ccccc2NC(=O)c2ccc(C(C)(C)C)cc2)cc1. The van der Waals surface area contributed by atoms with Crippen molar-refractivity contribution in [3.05, 3.63) is 89.5 Å². The summed E-state index contributed by atoms with van der Waals surface area (Å²) in [6.45, 7) is 8.88. The Labute approximate surface area is 183 Å². The van der Waals surface area contributed by atoms with Crippen LogP contribution in [0.1, 0.15) is 54.0 Å². The molecule has 0 aliphatic heterocycles. The molecular weight excluding hydrogens is 388 g/mol. The lowest BCUT2D eigenvalue weighted by atomic mass is 9.86. The van der Waals surface area contributed by atoms with Gasteiger partial charge in [0, 0.05) is 11.3 Å². The zero-order chi connectivity index (χ0) is 22.4. The first kappa shape index (κ1) is 22.1. The number of nitrogens with one attached hydrogen (secondary N) is 2. The first-order valence-electron chi connectivity index (χ1n) is 10.3. The predicted octanol–water partition coefficient (Wildman–Crippen LogP) is 5.89. The number of benzene rings is 3. The van der Waals surface area contributed by atoms with Crippen LogP contribution in [0.5, 0.6) is 5.75 Å². The number of ether oxygens (including phenoxy) is 1. The van der Waals surface area contributed by atoms with E-state index in [2.05, 4.69) is 31.4 Å². The Balaban J connectivity index is 1.73. The maximum absolute atomic E-state index is 12.8. The Kier molecular flexibility index (Phi) is 6.75. The molecule has 0 heterocycles. The zero-order valence-electron chi connectivity index (χ0n) is 18.4. The fraction of sp³-hybridized carbons (Fsp3) is 0.231. The van der Waals surface area contributed by atoms with E-state index in [4.69, 9.17) is 4.74 Å². The highest BCUT2D eigenvalue weighted by Gasteiger charge is 2.16. The topological polar surface area (TPSA) is 67.4 Å². The van der Waals surface area contributed by atoms with Crippen molar-refractivity contribution < 1.29 is 14.3 Å². The molecular formula is C26H28N2O3. The minimum absolute atomic E-state index is 0.0144. The summed E-state index contributed by atoms with van der Waals surface area (Å²) < 4.78 is 5.42. The van der Waals surface area contributed by atoms with Gasteiger partial charge in [0.15, 0.2) is 0 Å². The van der Waals surface area contributed by atoms with Crippen molar-refractivity contribution in [3.63, 3.8) is 0 Å². The molecule has 0 spiro atoms. The highest BCUT2D eigenvalue weighted by Crippen LogP contribution is 2.23. The number of carbonyl (C=O) groups excluding carboxylic acids is 2. The third kappa shape index (κ3) is 5.72. The van der Waals surface area contributed by atoms with E-state index in [0.717, 1.165) is 11.3 Å². The molecule has 0 saturated carbocycles. The lowest BCUT2D eigenvalue weighted by molar-refractivity contribution is 0.102. The summed E-state index contributed by atoms with van der Waals surface area (Å²) in [4.78, 5) is 25.6. The largest absolute Gasteiger partial charge is 0.494 e. The van der Waals surface area contributed by atoms with Crippen molar-refractivity contribution in [1.82, 2.24) is 0 Å². The number of rotatable bonds is 6. The summed E-state index contributed by atoms with van der Waals surface area (Å²) in [6.07, 6.45) is 0. The lowest BCUT2D eigenvalue weighted by Gasteiger charge is -2.19. The molecule has 5 nitrogen and oxygen atoms in total. The quantitative estimate of drug-likeness (QED) is 0.527. The van der Waals surface area contributed by atoms with Gasteiger partial charge in [-0.1, -0.05) is 45.0 Å². The van der Waals surface area contributed by atoms with Crippen molar-refractivity contribution in [2.75, 3.05) is 17.2 Å². The van der Waals surface area contributed by atoms with Gasteiger partial charge >= 0.3 is 0 Å². The minimum Gasteiger partial charge on any atom is -0.494 e. The van der Waals surface area contributed by atoms with Gasteiger partial charge in [0.1, 0.15) is 5.75 Å². The number of para-hydroxylation sites is 1. The minimum atomic E-state index is -0.303. The normalized spacial score (nSPS) is 11.0. The molecule has 0 atom stereocenters. The van der Waals surface area contributed by atoms with Gasteiger partial charge in [-0.3, -0.25) is 9.59 Å². The molecule has 3 aromatic rings. The Hall–Kier alpha value is -3.60. The Morgan fingerprint density at radius 3 is 2.06 bits per heavy atom. The predicted molar refractivity (Wildman–Crippen MR) is 125 cm³/mol. The average Bonchev–Trinajstić information content (AvgIpc) is 2.75. The molecule has 0 fully saturated rings. The third-order valence-electron chi connectivity index (χ3n) is 4.86. The summed E-state index contributed by atoms with van der Waals surface area (Å²) in [7, 11) is 0. The molecule has 0 unspecified atom stereocenters. The van der Waals surface area contributed by atoms with E-state index >= 15 is 0 Å². The summed E-state index contributed by atoms with van der Waals surface area (Å²) in [6, 6.07) is 21.6. The van der Waals surface area contributed by atoms with Crippen molar-refractivity contribution in [2.24, 2.45) is 0 Å². The van der Waals surface area contributed by atoms with Gasteiger partial charge in [0.25, 0.3) is 11.8 Å². The second-order valence-corrected chi connectivity index (χ2v) is 8.24. The number of amides is 2. The van der Waals surface area contributed by atoms with Crippen LogP contribution >= 0.6 is 0 Å². The second-order valence-electron chi connectivity index (χ2n) is 8.24. The number of hydrogen-bond acceptors (Lipinski definition) is 3. The van der Waals surface area contributed by atoms with Crippen LogP contribution in [0.3, 0.4) is 0 Å². The van der Waals surface area contributed by atoms with Crippen molar-refractivity contribution >= 4 is 23.2 Å². The Morgan fingerprint density at radius 1 is 0.806 bits per heavy atom. The van der Waals surface area contributed by atoms with Crippen LogP contribution < -0.4 is 15.4 Å². The summed E-state index contributed by atoms with van der Waals surface area (Å²) in [5.41, 5.74) is 3.19. The molecule has 0 saturated heterocycles. The van der Waals surface area contributed by atoms with Crippen LogP contribution in [0.2, 0.25) is 0 Å². The van der Waals surface area contributed by atoms with Crippen LogP contribution in [-0.4, -0.2) is 18.4 Å². The Morgan fingerprint density at radius 2 is 1.45 bits per heavy atom. The molecule has 5 heteroatoms. The molecule has 0 aliphatic rings. The van der Waals surface area contributed by atoms with E-state index in [-0.39, 0.29) is 17.2 Å². The first-order valence-corrected chi connectivity index (χ1v) is 10.3. The lowest BCUT2D eigenvalue weighted by Crippen LogP contribution is -2.18. The molecule has 3 rings (SSSR count). The molecule has 160 valence electrons. The van der Waals surface area contributed by atoms with E-state index in [0.29, 0.717) is 29.1 Å². The van der Waals surface area contributed by atoms with Gasteiger partial charge < -0.3 is 15.4 Å². The number of hydrogen-bond donors (Lipinski definition) is 2. The molecule has 2 amide bonds. The third-order valence-corrected chi connectivity index (χ3v) is 4.86. The molecule has 0 aromatic heterocycles. The summed E-state index contributed by atoms with van der Waals surface area (Å²) in [5.74, 6) is 0.176. The smallest absolute Gasteiger partial charge is 0.257 e. The average molecular weight is 417 g/mol. The molecule has 3 aromatic carbocycles.